The predicted octanol–water partition coefficient (Wildman–Crippen LogP) is 3.41. The molecule has 0 aliphatic heterocycles. The molecule has 0 spiro atoms. The molecule has 8 heteroatoms. The number of aromatic nitrogens is 4. The minimum Gasteiger partial charge on any atom is -0.461 e. The third kappa shape index (κ3) is 4.37. The van der Waals surface area contributed by atoms with E-state index in [1.165, 1.54) is 22.0 Å². The summed E-state index contributed by atoms with van der Waals surface area (Å²) < 4.78 is 5.32. The van der Waals surface area contributed by atoms with E-state index < -0.39 is 0 Å². The molecule has 0 atom stereocenters. The fraction of sp³-hybridized carbons (Fsp3) is 0.318. The number of nitrogens with one attached hydrogen (secondary N) is 4. The maximum Gasteiger partial charge on any atom is 0.216 e. The third-order valence-corrected chi connectivity index (χ3v) is 4.96. The van der Waals surface area contributed by atoms with Crippen molar-refractivity contribution in [2.75, 3.05) is 13.1 Å². The molecule has 0 saturated carbocycles. The number of furan rings is 1. The van der Waals surface area contributed by atoms with E-state index in [9.17, 15) is 0 Å². The van der Waals surface area contributed by atoms with Gasteiger partial charge in [-0.1, -0.05) is 25.1 Å². The van der Waals surface area contributed by atoms with Gasteiger partial charge in [-0.3, -0.25) is 5.10 Å². The standard InChI is InChI=1S/C22H27N7O/c1-3-15-7-5-8-17-16(13-25-20(15)17)10-11-24-22(23-4-2)26-14-19-27-21(29-28-19)18-9-6-12-30-18/h5-9,12-13,25H,3-4,10-11,14H2,1-2H3,(H2,23,24,26)(H,27,28,29). The number of guanidine groups is 1. The zero-order valence-corrected chi connectivity index (χ0v) is 17.3. The predicted molar refractivity (Wildman–Crippen MR) is 118 cm³/mol. The van der Waals surface area contributed by atoms with Crippen molar-refractivity contribution in [2.24, 2.45) is 4.99 Å². The maximum atomic E-state index is 5.32. The number of aromatic amines is 2. The van der Waals surface area contributed by atoms with Crippen molar-refractivity contribution in [3.8, 4) is 11.6 Å². The summed E-state index contributed by atoms with van der Waals surface area (Å²) in [5.74, 6) is 2.61. The topological polar surface area (TPSA) is 107 Å². The second-order valence-corrected chi connectivity index (χ2v) is 6.96. The molecule has 0 fully saturated rings. The minimum absolute atomic E-state index is 0.399. The van der Waals surface area contributed by atoms with Gasteiger partial charge in [0, 0.05) is 30.2 Å². The van der Waals surface area contributed by atoms with Crippen LogP contribution in [0.15, 0.2) is 52.2 Å². The molecule has 4 rings (SSSR count). The average Bonchev–Trinajstić information content (AvgIpc) is 3.52. The molecular formula is C22H27N7O. The highest BCUT2D eigenvalue weighted by molar-refractivity contribution is 5.86. The summed E-state index contributed by atoms with van der Waals surface area (Å²) in [5, 5.41) is 15.1. The molecule has 0 aliphatic rings. The smallest absolute Gasteiger partial charge is 0.216 e. The van der Waals surface area contributed by atoms with Crippen LogP contribution >= 0.6 is 0 Å². The first-order chi connectivity index (χ1) is 14.8. The van der Waals surface area contributed by atoms with Gasteiger partial charge < -0.3 is 20.0 Å². The van der Waals surface area contributed by atoms with Gasteiger partial charge in [0.05, 0.1) is 6.26 Å². The van der Waals surface area contributed by atoms with Gasteiger partial charge in [-0.2, -0.15) is 0 Å². The Morgan fingerprint density at radius 2 is 2.07 bits per heavy atom. The van der Waals surface area contributed by atoms with E-state index in [0.29, 0.717) is 24.0 Å². The molecule has 0 amide bonds. The lowest BCUT2D eigenvalue weighted by Crippen LogP contribution is -2.38. The summed E-state index contributed by atoms with van der Waals surface area (Å²) in [6.07, 6.45) is 5.65. The second-order valence-electron chi connectivity index (χ2n) is 6.96. The Balaban J connectivity index is 1.37. The molecule has 156 valence electrons. The number of fused-ring (bicyclic) bond motifs is 1. The Morgan fingerprint density at radius 1 is 1.13 bits per heavy atom. The third-order valence-electron chi connectivity index (χ3n) is 4.96. The Hall–Kier alpha value is -3.55. The number of H-pyrrole nitrogens is 2. The summed E-state index contributed by atoms with van der Waals surface area (Å²) in [6.45, 7) is 6.20. The lowest BCUT2D eigenvalue weighted by atomic mass is 10.1. The maximum absolute atomic E-state index is 5.32. The van der Waals surface area contributed by atoms with Gasteiger partial charge in [0.1, 0.15) is 12.4 Å². The van der Waals surface area contributed by atoms with E-state index in [1.54, 1.807) is 6.26 Å². The molecule has 8 nitrogen and oxygen atoms in total. The molecular weight excluding hydrogens is 378 g/mol. The fourth-order valence-corrected chi connectivity index (χ4v) is 3.47. The minimum atomic E-state index is 0.399. The number of hydrogen-bond acceptors (Lipinski definition) is 4. The molecule has 4 N–H and O–H groups in total. The van der Waals surface area contributed by atoms with Crippen molar-refractivity contribution in [1.29, 1.82) is 0 Å². The van der Waals surface area contributed by atoms with E-state index in [4.69, 9.17) is 4.42 Å². The van der Waals surface area contributed by atoms with Crippen molar-refractivity contribution in [1.82, 2.24) is 30.8 Å². The molecule has 4 aromatic rings. The quantitative estimate of drug-likeness (QED) is 0.265. The van der Waals surface area contributed by atoms with Crippen LogP contribution in [-0.2, 0) is 19.4 Å². The lowest BCUT2D eigenvalue weighted by Gasteiger charge is -2.10. The first-order valence-electron chi connectivity index (χ1n) is 10.3. The van der Waals surface area contributed by atoms with Gasteiger partial charge in [-0.05, 0) is 43.0 Å². The van der Waals surface area contributed by atoms with Crippen LogP contribution in [0, 0.1) is 0 Å². The molecule has 3 aromatic heterocycles. The highest BCUT2D eigenvalue weighted by Gasteiger charge is 2.09. The van der Waals surface area contributed by atoms with Gasteiger partial charge in [-0.25, -0.2) is 9.98 Å². The molecule has 0 radical (unpaired) electrons. The van der Waals surface area contributed by atoms with Crippen LogP contribution in [-0.4, -0.2) is 39.2 Å². The van der Waals surface area contributed by atoms with Crippen LogP contribution in [0.25, 0.3) is 22.5 Å². The van der Waals surface area contributed by atoms with Gasteiger partial charge in [0.2, 0.25) is 5.82 Å². The van der Waals surface area contributed by atoms with Crippen molar-refractivity contribution < 1.29 is 4.42 Å². The van der Waals surface area contributed by atoms with Crippen LogP contribution < -0.4 is 10.6 Å². The Morgan fingerprint density at radius 3 is 2.87 bits per heavy atom. The summed E-state index contributed by atoms with van der Waals surface area (Å²) in [6, 6.07) is 10.1. The van der Waals surface area contributed by atoms with Crippen LogP contribution in [0.5, 0.6) is 0 Å². The first kappa shape index (κ1) is 19.8. The Labute approximate surface area is 175 Å². The van der Waals surface area contributed by atoms with Crippen LogP contribution in [0.1, 0.15) is 30.8 Å². The number of nitrogens with zero attached hydrogens (tertiary/aromatic N) is 3. The van der Waals surface area contributed by atoms with Crippen LogP contribution in [0.3, 0.4) is 0 Å². The summed E-state index contributed by atoms with van der Waals surface area (Å²) >= 11 is 0. The van der Waals surface area contributed by atoms with E-state index in [1.807, 2.05) is 19.1 Å². The lowest BCUT2D eigenvalue weighted by molar-refractivity contribution is 0.577. The molecule has 3 heterocycles. The number of aliphatic imine (C=N–C) groups is 1. The zero-order valence-electron chi connectivity index (χ0n) is 17.3. The number of benzene rings is 1. The summed E-state index contributed by atoms with van der Waals surface area (Å²) in [4.78, 5) is 12.5. The van der Waals surface area contributed by atoms with E-state index in [-0.39, 0.29) is 0 Å². The molecule has 1 aromatic carbocycles. The highest BCUT2D eigenvalue weighted by Crippen LogP contribution is 2.22. The fourth-order valence-electron chi connectivity index (χ4n) is 3.47. The van der Waals surface area contributed by atoms with Crippen molar-refractivity contribution in [3.63, 3.8) is 0 Å². The Kier molecular flexibility index (Phi) is 6.12. The zero-order chi connectivity index (χ0) is 20.8. The number of para-hydroxylation sites is 1. The largest absolute Gasteiger partial charge is 0.461 e. The molecule has 0 unspecified atom stereocenters. The summed E-state index contributed by atoms with van der Waals surface area (Å²) in [5.41, 5.74) is 3.90. The van der Waals surface area contributed by atoms with Gasteiger partial charge in [0.15, 0.2) is 11.7 Å². The van der Waals surface area contributed by atoms with Crippen LogP contribution in [0.4, 0.5) is 0 Å². The van der Waals surface area contributed by atoms with Crippen molar-refractivity contribution in [3.05, 3.63) is 59.7 Å². The monoisotopic (exact) mass is 405 g/mol. The molecule has 30 heavy (non-hydrogen) atoms. The van der Waals surface area contributed by atoms with Gasteiger partial charge in [0.25, 0.3) is 0 Å². The SMILES string of the molecule is CCNC(=NCc1nc(-c2ccco2)n[nH]1)NCCc1c[nH]c2c(CC)cccc12. The van der Waals surface area contributed by atoms with E-state index in [2.05, 4.69) is 67.1 Å². The molecule has 0 bridgehead atoms. The second kappa shape index (κ2) is 9.30. The number of aryl methyl sites for hydroxylation is 1. The first-order valence-corrected chi connectivity index (χ1v) is 10.3. The number of rotatable bonds is 8. The van der Waals surface area contributed by atoms with Crippen LogP contribution in [0.2, 0.25) is 0 Å². The highest BCUT2D eigenvalue weighted by atomic mass is 16.3. The van der Waals surface area contributed by atoms with Crippen molar-refractivity contribution >= 4 is 16.9 Å². The van der Waals surface area contributed by atoms with E-state index >= 15 is 0 Å². The van der Waals surface area contributed by atoms with Crippen molar-refractivity contribution in [2.45, 2.75) is 33.2 Å². The van der Waals surface area contributed by atoms with Gasteiger partial charge in [-0.15, -0.1) is 5.10 Å². The normalized spacial score (nSPS) is 11.9. The van der Waals surface area contributed by atoms with Gasteiger partial charge >= 0.3 is 0 Å². The molecule has 0 aliphatic carbocycles. The number of hydrogen-bond donors (Lipinski definition) is 4. The summed E-state index contributed by atoms with van der Waals surface area (Å²) in [7, 11) is 0. The van der Waals surface area contributed by atoms with E-state index in [0.717, 1.165) is 31.9 Å². The average molecular weight is 406 g/mol. The molecule has 0 saturated heterocycles. The Bertz CT molecular complexity index is 1110.